The quantitative estimate of drug-likeness (QED) is 0.691. The first-order chi connectivity index (χ1) is 9.94. The van der Waals surface area contributed by atoms with Crippen molar-refractivity contribution in [2.24, 2.45) is 0 Å². The molecule has 1 rings (SSSR count). The van der Waals surface area contributed by atoms with E-state index in [4.69, 9.17) is 4.74 Å². The third kappa shape index (κ3) is 5.67. The van der Waals surface area contributed by atoms with Gasteiger partial charge >= 0.3 is 0 Å². The van der Waals surface area contributed by atoms with E-state index in [0.29, 0.717) is 24.0 Å². The fourth-order valence-corrected chi connectivity index (χ4v) is 4.29. The molecule has 0 aliphatic rings. The summed E-state index contributed by atoms with van der Waals surface area (Å²) in [4.78, 5) is 0.248. The number of hydrogen-bond acceptors (Lipinski definition) is 4. The molecule has 0 fully saturated rings. The Morgan fingerprint density at radius 2 is 2.05 bits per heavy atom. The Balaban J connectivity index is 2.92. The van der Waals surface area contributed by atoms with Crippen LogP contribution in [0.2, 0.25) is 0 Å². The van der Waals surface area contributed by atoms with Crippen LogP contribution in [0.15, 0.2) is 27.6 Å². The van der Waals surface area contributed by atoms with Crippen LogP contribution in [0.4, 0.5) is 0 Å². The monoisotopic (exact) mass is 378 g/mol. The lowest BCUT2D eigenvalue weighted by Crippen LogP contribution is -2.37. The number of rotatable bonds is 9. The Labute approximate surface area is 135 Å². The lowest BCUT2D eigenvalue weighted by Gasteiger charge is -2.17. The molecule has 21 heavy (non-hydrogen) atoms. The lowest BCUT2D eigenvalue weighted by atomic mass is 10.2. The third-order valence-electron chi connectivity index (χ3n) is 3.05. The van der Waals surface area contributed by atoms with Gasteiger partial charge in [0.25, 0.3) is 0 Å². The Bertz CT molecular complexity index is 549. The third-order valence-corrected chi connectivity index (χ3v) is 5.54. The molecule has 0 bridgehead atoms. The minimum atomic E-state index is -3.56. The molecule has 0 aliphatic heterocycles. The van der Waals surface area contributed by atoms with E-state index in [1.807, 2.05) is 26.0 Å². The normalized spacial score (nSPS) is 13.3. The number of benzene rings is 1. The molecule has 1 unspecified atom stereocenters. The van der Waals surface area contributed by atoms with E-state index in [1.165, 1.54) is 0 Å². The molecule has 1 aromatic carbocycles. The smallest absolute Gasteiger partial charge is 0.242 e. The number of halogens is 1. The molecule has 7 heteroatoms. The SMILES string of the molecule is CCNCc1ccc(S(=O)(=O)NC(CC)COC)c(Br)c1. The fourth-order valence-electron chi connectivity index (χ4n) is 1.86. The first-order valence-corrected chi connectivity index (χ1v) is 9.22. The van der Waals surface area contributed by atoms with Gasteiger partial charge in [0.05, 0.1) is 11.5 Å². The largest absolute Gasteiger partial charge is 0.383 e. The van der Waals surface area contributed by atoms with E-state index < -0.39 is 10.0 Å². The molecular weight excluding hydrogens is 356 g/mol. The maximum Gasteiger partial charge on any atom is 0.242 e. The molecule has 0 saturated carbocycles. The summed E-state index contributed by atoms with van der Waals surface area (Å²) in [6.45, 7) is 5.88. The van der Waals surface area contributed by atoms with Gasteiger partial charge in [-0.1, -0.05) is 19.9 Å². The van der Waals surface area contributed by atoms with Crippen LogP contribution in [-0.2, 0) is 21.3 Å². The zero-order chi connectivity index (χ0) is 15.9. The summed E-state index contributed by atoms with van der Waals surface area (Å²) in [5.41, 5.74) is 1.03. The summed E-state index contributed by atoms with van der Waals surface area (Å²) in [6.07, 6.45) is 0.670. The van der Waals surface area contributed by atoms with Gasteiger partial charge in [0, 0.05) is 24.2 Å². The topological polar surface area (TPSA) is 67.4 Å². The fraction of sp³-hybridized carbons (Fsp3) is 0.571. The molecule has 120 valence electrons. The highest BCUT2D eigenvalue weighted by atomic mass is 79.9. The summed E-state index contributed by atoms with van der Waals surface area (Å²) >= 11 is 3.35. The number of hydrogen-bond donors (Lipinski definition) is 2. The van der Waals surface area contributed by atoms with Gasteiger partial charge < -0.3 is 10.1 Å². The lowest BCUT2D eigenvalue weighted by molar-refractivity contribution is 0.173. The summed E-state index contributed by atoms with van der Waals surface area (Å²) in [7, 11) is -2.00. The molecule has 0 aromatic heterocycles. The Hall–Kier alpha value is -0.470. The van der Waals surface area contributed by atoms with Crippen molar-refractivity contribution in [3.05, 3.63) is 28.2 Å². The molecule has 0 heterocycles. The van der Waals surface area contributed by atoms with E-state index in [-0.39, 0.29) is 10.9 Å². The van der Waals surface area contributed by atoms with E-state index in [9.17, 15) is 8.42 Å². The highest BCUT2D eigenvalue weighted by molar-refractivity contribution is 9.10. The zero-order valence-corrected chi connectivity index (χ0v) is 15.1. The molecule has 1 aromatic rings. The minimum Gasteiger partial charge on any atom is -0.383 e. The van der Waals surface area contributed by atoms with Crippen molar-refractivity contribution in [1.29, 1.82) is 0 Å². The molecule has 1 atom stereocenters. The van der Waals surface area contributed by atoms with E-state index in [2.05, 4.69) is 26.0 Å². The van der Waals surface area contributed by atoms with Gasteiger partial charge in [0.15, 0.2) is 0 Å². The molecule has 0 aliphatic carbocycles. The van der Waals surface area contributed by atoms with Gasteiger partial charge in [-0.05, 0) is 46.6 Å². The van der Waals surface area contributed by atoms with E-state index in [1.54, 1.807) is 13.2 Å². The van der Waals surface area contributed by atoms with Crippen molar-refractivity contribution in [2.45, 2.75) is 37.8 Å². The van der Waals surface area contributed by atoms with Crippen molar-refractivity contribution in [3.63, 3.8) is 0 Å². The summed E-state index contributed by atoms with van der Waals surface area (Å²) in [5, 5.41) is 3.21. The predicted molar refractivity (Wildman–Crippen MR) is 87.8 cm³/mol. The second kappa shape index (κ2) is 8.85. The van der Waals surface area contributed by atoms with Crippen LogP contribution in [0, 0.1) is 0 Å². The van der Waals surface area contributed by atoms with Crippen LogP contribution < -0.4 is 10.0 Å². The molecule has 0 radical (unpaired) electrons. The molecule has 0 saturated heterocycles. The molecule has 0 amide bonds. The summed E-state index contributed by atoms with van der Waals surface area (Å²) in [6, 6.07) is 5.04. The number of ether oxygens (including phenoxy) is 1. The van der Waals surface area contributed by atoms with Crippen molar-refractivity contribution >= 4 is 26.0 Å². The van der Waals surface area contributed by atoms with Gasteiger partial charge in [0.2, 0.25) is 10.0 Å². The molecule has 0 spiro atoms. The van der Waals surface area contributed by atoms with Gasteiger partial charge in [-0.25, -0.2) is 13.1 Å². The number of methoxy groups -OCH3 is 1. The standard InChI is InChI=1S/C14H23BrN2O3S/c1-4-12(10-20-3)17-21(18,19)14-7-6-11(8-13(14)15)9-16-5-2/h6-8,12,16-17H,4-5,9-10H2,1-3H3. The van der Waals surface area contributed by atoms with Crippen LogP contribution in [0.5, 0.6) is 0 Å². The van der Waals surface area contributed by atoms with Gasteiger partial charge in [-0.2, -0.15) is 0 Å². The van der Waals surface area contributed by atoms with Gasteiger partial charge in [0.1, 0.15) is 0 Å². The molecular formula is C14H23BrN2O3S. The van der Waals surface area contributed by atoms with Gasteiger partial charge in [-0.3, -0.25) is 0 Å². The summed E-state index contributed by atoms with van der Waals surface area (Å²) < 4.78 is 33.1. The van der Waals surface area contributed by atoms with Crippen LogP contribution in [0.1, 0.15) is 25.8 Å². The van der Waals surface area contributed by atoms with E-state index >= 15 is 0 Å². The average molecular weight is 379 g/mol. The first-order valence-electron chi connectivity index (χ1n) is 6.95. The van der Waals surface area contributed by atoms with Crippen LogP contribution in [-0.4, -0.2) is 34.7 Å². The van der Waals surface area contributed by atoms with Crippen LogP contribution in [0.25, 0.3) is 0 Å². The molecule has 5 nitrogen and oxygen atoms in total. The van der Waals surface area contributed by atoms with E-state index in [0.717, 1.165) is 12.1 Å². The highest BCUT2D eigenvalue weighted by Crippen LogP contribution is 2.23. The zero-order valence-electron chi connectivity index (χ0n) is 12.6. The van der Waals surface area contributed by atoms with Crippen molar-refractivity contribution < 1.29 is 13.2 Å². The first kappa shape index (κ1) is 18.6. The minimum absolute atomic E-state index is 0.228. The second-order valence-electron chi connectivity index (χ2n) is 4.73. The number of nitrogens with one attached hydrogen (secondary N) is 2. The van der Waals surface area contributed by atoms with Crippen LogP contribution in [0.3, 0.4) is 0 Å². The highest BCUT2D eigenvalue weighted by Gasteiger charge is 2.21. The van der Waals surface area contributed by atoms with Crippen molar-refractivity contribution in [2.75, 3.05) is 20.3 Å². The molecule has 2 N–H and O–H groups in total. The Morgan fingerprint density at radius 1 is 1.33 bits per heavy atom. The maximum absolute atomic E-state index is 12.4. The number of sulfonamides is 1. The predicted octanol–water partition coefficient (Wildman–Crippen LogP) is 2.26. The van der Waals surface area contributed by atoms with Crippen LogP contribution >= 0.6 is 15.9 Å². The Kier molecular flexibility index (Phi) is 7.83. The Morgan fingerprint density at radius 3 is 2.57 bits per heavy atom. The maximum atomic E-state index is 12.4. The average Bonchev–Trinajstić information content (AvgIpc) is 2.44. The van der Waals surface area contributed by atoms with Gasteiger partial charge in [-0.15, -0.1) is 0 Å². The van der Waals surface area contributed by atoms with Crippen molar-refractivity contribution in [3.8, 4) is 0 Å². The summed E-state index contributed by atoms with van der Waals surface area (Å²) in [5.74, 6) is 0. The second-order valence-corrected chi connectivity index (χ2v) is 7.26. The van der Waals surface area contributed by atoms with Crippen molar-refractivity contribution in [1.82, 2.24) is 10.0 Å².